The predicted molar refractivity (Wildman–Crippen MR) is 91.8 cm³/mol. The van der Waals surface area contributed by atoms with Crippen LogP contribution in [0.3, 0.4) is 0 Å². The van der Waals surface area contributed by atoms with Gasteiger partial charge in [0.05, 0.1) is 5.02 Å². The van der Waals surface area contributed by atoms with E-state index in [1.165, 1.54) is 11.0 Å². The Bertz CT molecular complexity index is 784. The molecule has 0 aliphatic carbocycles. The van der Waals surface area contributed by atoms with Crippen molar-refractivity contribution in [2.75, 3.05) is 7.05 Å². The summed E-state index contributed by atoms with van der Waals surface area (Å²) in [6, 6.07) is 6.66. The van der Waals surface area contributed by atoms with E-state index < -0.39 is 5.82 Å². The fourth-order valence-corrected chi connectivity index (χ4v) is 4.07. The third kappa shape index (κ3) is 2.91. The standard InChI is InChI=1S/C17H16ClFN2OS/c1-17(7-15(20)21(2)16(22)8-17)14-6-11(9-23-14)10-3-4-13(19)12(18)5-10/h3-6,9,20H,7-8H2,1-2H3/t17-/m0/s1. The lowest BCUT2D eigenvalue weighted by molar-refractivity contribution is -0.128. The summed E-state index contributed by atoms with van der Waals surface area (Å²) in [4.78, 5) is 14.6. The molecule has 0 bridgehead atoms. The molecule has 1 aromatic heterocycles. The van der Waals surface area contributed by atoms with Crippen molar-refractivity contribution >= 4 is 34.7 Å². The van der Waals surface area contributed by atoms with Crippen molar-refractivity contribution in [1.82, 2.24) is 4.90 Å². The summed E-state index contributed by atoms with van der Waals surface area (Å²) in [7, 11) is 1.64. The van der Waals surface area contributed by atoms with E-state index in [-0.39, 0.29) is 16.3 Å². The highest BCUT2D eigenvalue weighted by Crippen LogP contribution is 2.41. The first-order chi connectivity index (χ1) is 10.8. The second-order valence-electron chi connectivity index (χ2n) is 6.14. The normalized spacial score (nSPS) is 21.8. The van der Waals surface area contributed by atoms with Gasteiger partial charge in [0.25, 0.3) is 0 Å². The van der Waals surface area contributed by atoms with Gasteiger partial charge >= 0.3 is 0 Å². The van der Waals surface area contributed by atoms with Gasteiger partial charge in [-0.2, -0.15) is 0 Å². The van der Waals surface area contributed by atoms with Crippen LogP contribution in [0.2, 0.25) is 5.02 Å². The number of carbonyl (C=O) groups excluding carboxylic acids is 1. The van der Waals surface area contributed by atoms with E-state index in [1.54, 1.807) is 30.5 Å². The Morgan fingerprint density at radius 1 is 1.30 bits per heavy atom. The van der Waals surface area contributed by atoms with Gasteiger partial charge in [0.2, 0.25) is 5.91 Å². The molecular formula is C17H16ClFN2OS. The number of carbonyl (C=O) groups is 1. The lowest BCUT2D eigenvalue weighted by Gasteiger charge is -2.36. The van der Waals surface area contributed by atoms with E-state index >= 15 is 0 Å². The second-order valence-corrected chi connectivity index (χ2v) is 7.46. The molecule has 3 rings (SSSR count). The number of piperidine rings is 1. The minimum absolute atomic E-state index is 0.0384. The van der Waals surface area contributed by atoms with Crippen LogP contribution in [-0.2, 0) is 10.2 Å². The average molecular weight is 351 g/mol. The maximum atomic E-state index is 13.3. The van der Waals surface area contributed by atoms with Crippen molar-refractivity contribution in [1.29, 1.82) is 5.41 Å². The van der Waals surface area contributed by atoms with Crippen LogP contribution in [0.1, 0.15) is 24.6 Å². The van der Waals surface area contributed by atoms with Crippen molar-refractivity contribution in [2.24, 2.45) is 0 Å². The molecule has 0 unspecified atom stereocenters. The molecule has 1 N–H and O–H groups in total. The summed E-state index contributed by atoms with van der Waals surface area (Å²) in [6.45, 7) is 2.01. The minimum atomic E-state index is -0.438. The summed E-state index contributed by atoms with van der Waals surface area (Å²) in [5.74, 6) is -0.140. The lowest BCUT2D eigenvalue weighted by atomic mass is 9.78. The number of halogens is 2. The van der Waals surface area contributed by atoms with Gasteiger partial charge in [-0.1, -0.05) is 24.6 Å². The smallest absolute Gasteiger partial charge is 0.228 e. The Hall–Kier alpha value is -1.72. The van der Waals surface area contributed by atoms with Crippen LogP contribution in [0.4, 0.5) is 4.39 Å². The Balaban J connectivity index is 1.93. The Morgan fingerprint density at radius 3 is 2.70 bits per heavy atom. The quantitative estimate of drug-likeness (QED) is 0.838. The number of nitrogens with one attached hydrogen (secondary N) is 1. The van der Waals surface area contributed by atoms with Crippen molar-refractivity contribution < 1.29 is 9.18 Å². The zero-order chi connectivity index (χ0) is 16.8. The van der Waals surface area contributed by atoms with E-state index in [0.717, 1.165) is 16.0 Å². The molecule has 120 valence electrons. The van der Waals surface area contributed by atoms with Gasteiger partial charge in [-0.3, -0.25) is 10.2 Å². The minimum Gasteiger partial charge on any atom is -0.304 e. The van der Waals surface area contributed by atoms with Gasteiger partial charge in [0.1, 0.15) is 11.7 Å². The third-order valence-electron chi connectivity index (χ3n) is 4.33. The number of amides is 1. The van der Waals surface area contributed by atoms with Gasteiger partial charge in [-0.25, -0.2) is 4.39 Å². The average Bonchev–Trinajstić information content (AvgIpc) is 2.98. The van der Waals surface area contributed by atoms with Crippen molar-refractivity contribution in [2.45, 2.75) is 25.2 Å². The maximum absolute atomic E-state index is 13.3. The van der Waals surface area contributed by atoms with Gasteiger partial charge in [0.15, 0.2) is 0 Å². The predicted octanol–water partition coefficient (Wildman–Crippen LogP) is 4.69. The summed E-state index contributed by atoms with van der Waals surface area (Å²) >= 11 is 7.41. The summed E-state index contributed by atoms with van der Waals surface area (Å²) in [5, 5.41) is 10.1. The molecule has 2 heterocycles. The van der Waals surface area contributed by atoms with Gasteiger partial charge in [-0.15, -0.1) is 11.3 Å². The first-order valence-corrected chi connectivity index (χ1v) is 8.44. The highest BCUT2D eigenvalue weighted by atomic mass is 35.5. The molecule has 1 aliphatic heterocycles. The van der Waals surface area contributed by atoms with Gasteiger partial charge in [-0.05, 0) is 34.7 Å². The molecule has 3 nitrogen and oxygen atoms in total. The highest BCUT2D eigenvalue weighted by Gasteiger charge is 2.39. The summed E-state index contributed by atoms with van der Waals surface area (Å²) in [6.07, 6.45) is 0.912. The molecule has 1 saturated heterocycles. The molecule has 1 aromatic carbocycles. The van der Waals surface area contributed by atoms with Crippen molar-refractivity contribution in [3.8, 4) is 11.1 Å². The van der Waals surface area contributed by atoms with Crippen LogP contribution < -0.4 is 0 Å². The maximum Gasteiger partial charge on any atom is 0.228 e. The lowest BCUT2D eigenvalue weighted by Crippen LogP contribution is -2.46. The Kier molecular flexibility index (Phi) is 4.02. The van der Waals surface area contributed by atoms with Crippen LogP contribution in [0.15, 0.2) is 29.6 Å². The molecule has 1 fully saturated rings. The van der Waals surface area contributed by atoms with Crippen LogP contribution >= 0.6 is 22.9 Å². The number of hydrogen-bond donors (Lipinski definition) is 1. The van der Waals surface area contributed by atoms with Gasteiger partial charge < -0.3 is 4.90 Å². The fraction of sp³-hybridized carbons (Fsp3) is 0.294. The topological polar surface area (TPSA) is 44.2 Å². The molecular weight excluding hydrogens is 335 g/mol. The number of likely N-dealkylation sites (tertiary alicyclic amines) is 1. The summed E-state index contributed by atoms with van der Waals surface area (Å²) < 4.78 is 13.3. The van der Waals surface area contributed by atoms with Crippen molar-refractivity contribution in [3.63, 3.8) is 0 Å². The van der Waals surface area contributed by atoms with E-state index in [4.69, 9.17) is 17.0 Å². The number of rotatable bonds is 2. The largest absolute Gasteiger partial charge is 0.304 e. The van der Waals surface area contributed by atoms with Crippen LogP contribution in [0, 0.1) is 11.2 Å². The first-order valence-electron chi connectivity index (χ1n) is 7.18. The SMILES string of the molecule is CN1C(=N)C[C@](C)(c2cc(-c3ccc(F)c(Cl)c3)cs2)CC1=O. The van der Waals surface area contributed by atoms with Crippen LogP contribution in [-0.4, -0.2) is 23.7 Å². The van der Waals surface area contributed by atoms with E-state index in [1.807, 2.05) is 18.4 Å². The second kappa shape index (κ2) is 5.73. The third-order valence-corrected chi connectivity index (χ3v) is 5.85. The number of nitrogens with zero attached hydrogens (tertiary/aromatic N) is 1. The molecule has 1 amide bonds. The number of hydrogen-bond acceptors (Lipinski definition) is 3. The van der Waals surface area contributed by atoms with E-state index in [9.17, 15) is 9.18 Å². The van der Waals surface area contributed by atoms with Crippen molar-refractivity contribution in [3.05, 3.63) is 45.4 Å². The molecule has 1 aliphatic rings. The molecule has 2 aromatic rings. The Labute approximate surface area is 143 Å². The van der Waals surface area contributed by atoms with Crippen LogP contribution in [0.5, 0.6) is 0 Å². The molecule has 0 radical (unpaired) electrons. The molecule has 1 atom stereocenters. The first kappa shape index (κ1) is 16.1. The van der Waals surface area contributed by atoms with Gasteiger partial charge in [0, 0.05) is 30.2 Å². The summed E-state index contributed by atoms with van der Waals surface area (Å²) in [5.41, 5.74) is 1.43. The van der Waals surface area contributed by atoms with E-state index in [2.05, 4.69) is 0 Å². The Morgan fingerprint density at radius 2 is 2.04 bits per heavy atom. The molecule has 0 saturated carbocycles. The number of thiophene rings is 1. The highest BCUT2D eigenvalue weighted by molar-refractivity contribution is 7.10. The zero-order valence-electron chi connectivity index (χ0n) is 12.8. The zero-order valence-corrected chi connectivity index (χ0v) is 14.4. The number of benzene rings is 1. The van der Waals surface area contributed by atoms with Crippen LogP contribution in [0.25, 0.3) is 11.1 Å². The molecule has 23 heavy (non-hydrogen) atoms. The van der Waals surface area contributed by atoms with E-state index in [0.29, 0.717) is 18.7 Å². The number of amidine groups is 1. The monoisotopic (exact) mass is 350 g/mol. The molecule has 0 spiro atoms. The fourth-order valence-electron chi connectivity index (χ4n) is 2.81. The molecule has 6 heteroatoms.